The summed E-state index contributed by atoms with van der Waals surface area (Å²) < 4.78 is 0. The topological polar surface area (TPSA) is 41.1 Å². The molecule has 15 heavy (non-hydrogen) atoms. The highest BCUT2D eigenvalue weighted by Crippen LogP contribution is 2.23. The first-order valence-electron chi connectivity index (χ1n) is 6.31. The van der Waals surface area contributed by atoms with Crippen molar-refractivity contribution in [3.63, 3.8) is 0 Å². The van der Waals surface area contributed by atoms with Crippen LogP contribution < -0.4 is 10.6 Å². The molecule has 0 radical (unpaired) electrons. The molecule has 0 spiro atoms. The number of amides is 1. The van der Waals surface area contributed by atoms with E-state index in [1.807, 2.05) is 0 Å². The van der Waals surface area contributed by atoms with Crippen LogP contribution in [0, 0.1) is 5.92 Å². The van der Waals surface area contributed by atoms with Crippen LogP contribution >= 0.6 is 0 Å². The first kappa shape index (κ1) is 10.9. The fourth-order valence-corrected chi connectivity index (χ4v) is 2.72. The normalized spacial score (nSPS) is 36.5. The summed E-state index contributed by atoms with van der Waals surface area (Å²) in [5.74, 6) is 0.885. The summed E-state index contributed by atoms with van der Waals surface area (Å²) in [6, 6.07) is 0.507. The maximum absolute atomic E-state index is 11.9. The van der Waals surface area contributed by atoms with Gasteiger partial charge in [-0.25, -0.2) is 0 Å². The quantitative estimate of drug-likeness (QED) is 0.724. The number of hydrogen-bond acceptors (Lipinski definition) is 2. The monoisotopic (exact) mass is 210 g/mol. The van der Waals surface area contributed by atoms with Crippen LogP contribution in [0.25, 0.3) is 0 Å². The third-order valence-electron chi connectivity index (χ3n) is 3.82. The highest BCUT2D eigenvalue weighted by Gasteiger charge is 2.27. The number of carbonyl (C=O) groups excluding carboxylic acids is 1. The first-order valence-corrected chi connectivity index (χ1v) is 6.31. The molecule has 2 fully saturated rings. The molecule has 2 aliphatic rings. The van der Waals surface area contributed by atoms with Crippen LogP contribution in [-0.2, 0) is 4.79 Å². The molecule has 1 amide bonds. The zero-order valence-corrected chi connectivity index (χ0v) is 9.59. The molecule has 0 aromatic heterocycles. The average Bonchev–Trinajstić information content (AvgIpc) is 2.74. The van der Waals surface area contributed by atoms with Crippen LogP contribution in [0.5, 0.6) is 0 Å². The Morgan fingerprint density at radius 2 is 2.00 bits per heavy atom. The Kier molecular flexibility index (Phi) is 3.62. The summed E-state index contributed by atoms with van der Waals surface area (Å²) in [6.45, 7) is 3.25. The van der Waals surface area contributed by atoms with E-state index in [2.05, 4.69) is 17.6 Å². The molecule has 2 rings (SSSR count). The van der Waals surface area contributed by atoms with Gasteiger partial charge in [0.15, 0.2) is 0 Å². The van der Waals surface area contributed by atoms with Crippen LogP contribution in [0.3, 0.4) is 0 Å². The van der Waals surface area contributed by atoms with E-state index >= 15 is 0 Å². The Bertz CT molecular complexity index is 224. The third kappa shape index (κ3) is 2.71. The second kappa shape index (κ2) is 4.97. The summed E-state index contributed by atoms with van der Waals surface area (Å²) >= 11 is 0. The Balaban J connectivity index is 1.81. The van der Waals surface area contributed by atoms with E-state index in [9.17, 15) is 4.79 Å². The fraction of sp³-hybridized carbons (Fsp3) is 0.917. The van der Waals surface area contributed by atoms with Gasteiger partial charge in [-0.2, -0.15) is 0 Å². The van der Waals surface area contributed by atoms with Gasteiger partial charge in [0.2, 0.25) is 5.91 Å². The van der Waals surface area contributed by atoms with Crippen molar-refractivity contribution in [1.82, 2.24) is 10.6 Å². The Labute approximate surface area is 92.0 Å². The molecule has 2 unspecified atom stereocenters. The van der Waals surface area contributed by atoms with E-state index in [1.165, 1.54) is 25.7 Å². The predicted molar refractivity (Wildman–Crippen MR) is 60.6 cm³/mol. The number of carbonyl (C=O) groups is 1. The van der Waals surface area contributed by atoms with Crippen LogP contribution in [0.2, 0.25) is 0 Å². The molecular weight excluding hydrogens is 188 g/mol. The van der Waals surface area contributed by atoms with Crippen LogP contribution in [-0.4, -0.2) is 24.5 Å². The summed E-state index contributed by atoms with van der Waals surface area (Å²) in [7, 11) is 0. The largest absolute Gasteiger partial charge is 0.352 e. The van der Waals surface area contributed by atoms with E-state index in [4.69, 9.17) is 0 Å². The molecule has 1 saturated heterocycles. The van der Waals surface area contributed by atoms with Crippen molar-refractivity contribution in [3.8, 4) is 0 Å². The molecule has 1 heterocycles. The summed E-state index contributed by atoms with van der Waals surface area (Å²) in [5.41, 5.74) is 0. The van der Waals surface area contributed by atoms with Crippen molar-refractivity contribution >= 4 is 5.91 Å². The molecule has 0 bridgehead atoms. The van der Waals surface area contributed by atoms with E-state index in [0.29, 0.717) is 12.0 Å². The second-order valence-electron chi connectivity index (χ2n) is 5.03. The first-order chi connectivity index (χ1) is 7.27. The lowest BCUT2D eigenvalue weighted by atomic mass is 9.86. The van der Waals surface area contributed by atoms with Gasteiger partial charge in [0.25, 0.3) is 0 Å². The van der Waals surface area contributed by atoms with Gasteiger partial charge < -0.3 is 10.6 Å². The standard InChI is InChI=1S/C12H22N2O/c1-9-5-2-3-6-10(9)14-12(15)11-7-4-8-13-11/h9-11,13H,2-8H2,1H3,(H,14,15)/t9?,10?,11-/m0/s1. The Morgan fingerprint density at radius 1 is 1.20 bits per heavy atom. The number of hydrogen-bond donors (Lipinski definition) is 2. The molecule has 86 valence electrons. The minimum Gasteiger partial charge on any atom is -0.352 e. The zero-order chi connectivity index (χ0) is 10.7. The molecular formula is C12H22N2O. The van der Waals surface area contributed by atoms with Crippen molar-refractivity contribution in [2.24, 2.45) is 5.92 Å². The predicted octanol–water partition coefficient (Wildman–Crippen LogP) is 1.43. The van der Waals surface area contributed by atoms with E-state index in [0.717, 1.165) is 19.4 Å². The van der Waals surface area contributed by atoms with Crippen LogP contribution in [0.1, 0.15) is 45.4 Å². The van der Waals surface area contributed by atoms with E-state index in [1.54, 1.807) is 0 Å². The van der Waals surface area contributed by atoms with Gasteiger partial charge in [0.1, 0.15) is 0 Å². The van der Waals surface area contributed by atoms with Gasteiger partial charge in [-0.3, -0.25) is 4.79 Å². The van der Waals surface area contributed by atoms with Crippen LogP contribution in [0.4, 0.5) is 0 Å². The lowest BCUT2D eigenvalue weighted by molar-refractivity contribution is -0.124. The number of rotatable bonds is 2. The average molecular weight is 210 g/mol. The molecule has 0 aromatic carbocycles. The Hall–Kier alpha value is -0.570. The van der Waals surface area contributed by atoms with Gasteiger partial charge in [-0.15, -0.1) is 0 Å². The minimum atomic E-state index is 0.0825. The van der Waals surface area contributed by atoms with E-state index in [-0.39, 0.29) is 11.9 Å². The summed E-state index contributed by atoms with van der Waals surface area (Å²) in [4.78, 5) is 11.9. The van der Waals surface area contributed by atoms with Crippen molar-refractivity contribution < 1.29 is 4.79 Å². The molecule has 2 N–H and O–H groups in total. The highest BCUT2D eigenvalue weighted by atomic mass is 16.2. The van der Waals surface area contributed by atoms with E-state index < -0.39 is 0 Å². The summed E-state index contributed by atoms with van der Waals surface area (Å²) in [5, 5.41) is 6.46. The zero-order valence-electron chi connectivity index (χ0n) is 9.59. The maximum Gasteiger partial charge on any atom is 0.237 e. The SMILES string of the molecule is CC1CCCCC1NC(=O)[C@@H]1CCCN1. The van der Waals surface area contributed by atoms with Gasteiger partial charge in [0, 0.05) is 6.04 Å². The molecule has 1 saturated carbocycles. The van der Waals surface area contributed by atoms with Gasteiger partial charge in [-0.05, 0) is 38.1 Å². The fourth-order valence-electron chi connectivity index (χ4n) is 2.72. The van der Waals surface area contributed by atoms with Crippen molar-refractivity contribution in [3.05, 3.63) is 0 Å². The molecule has 3 nitrogen and oxygen atoms in total. The van der Waals surface area contributed by atoms with Crippen molar-refractivity contribution in [1.29, 1.82) is 0 Å². The Morgan fingerprint density at radius 3 is 2.67 bits per heavy atom. The van der Waals surface area contributed by atoms with Gasteiger partial charge >= 0.3 is 0 Å². The second-order valence-corrected chi connectivity index (χ2v) is 5.03. The lowest BCUT2D eigenvalue weighted by Gasteiger charge is -2.30. The molecule has 0 aromatic rings. The molecule has 3 atom stereocenters. The van der Waals surface area contributed by atoms with Gasteiger partial charge in [0.05, 0.1) is 6.04 Å². The molecule has 3 heteroatoms. The van der Waals surface area contributed by atoms with Crippen molar-refractivity contribution in [2.75, 3.05) is 6.54 Å². The maximum atomic E-state index is 11.9. The molecule has 1 aliphatic heterocycles. The van der Waals surface area contributed by atoms with Crippen LogP contribution in [0.15, 0.2) is 0 Å². The van der Waals surface area contributed by atoms with Crippen molar-refractivity contribution in [2.45, 2.75) is 57.5 Å². The summed E-state index contributed by atoms with van der Waals surface area (Å²) in [6.07, 6.45) is 7.18. The number of nitrogens with one attached hydrogen (secondary N) is 2. The minimum absolute atomic E-state index is 0.0825. The highest BCUT2D eigenvalue weighted by molar-refractivity contribution is 5.82. The molecule has 1 aliphatic carbocycles. The lowest BCUT2D eigenvalue weighted by Crippen LogP contribution is -2.48. The third-order valence-corrected chi connectivity index (χ3v) is 3.82. The smallest absolute Gasteiger partial charge is 0.237 e. The van der Waals surface area contributed by atoms with Gasteiger partial charge in [-0.1, -0.05) is 19.8 Å².